The molecule has 0 heteroatoms. The predicted octanol–water partition coefficient (Wildman–Crippen LogP) is 10.5. The lowest BCUT2D eigenvalue weighted by molar-refractivity contribution is 0.564. The van der Waals surface area contributed by atoms with Gasteiger partial charge in [-0.3, -0.25) is 0 Å². The van der Waals surface area contributed by atoms with E-state index in [1.165, 1.54) is 89.0 Å². The van der Waals surface area contributed by atoms with Gasteiger partial charge in [-0.2, -0.15) is 0 Å². The maximum absolute atomic E-state index is 2.67. The van der Waals surface area contributed by atoms with Crippen molar-refractivity contribution in [2.45, 2.75) is 111 Å². The molecule has 0 bridgehead atoms. The van der Waals surface area contributed by atoms with Crippen molar-refractivity contribution in [2.75, 3.05) is 0 Å². The van der Waals surface area contributed by atoms with Gasteiger partial charge < -0.3 is 0 Å². The summed E-state index contributed by atoms with van der Waals surface area (Å²) >= 11 is 0. The monoisotopic (exact) mass is 600 g/mol. The average Bonchev–Trinajstić information content (AvgIpc) is 3.46. The third kappa shape index (κ3) is 3.68. The molecule has 232 valence electrons. The number of hydrogen-bond donors (Lipinski definition) is 0. The standard InChI is InChI=1S/C46H48/c1-45(2)39-11-6-5-10-34(39)35-20-16-30(24-40(35)45)31-17-21-36-37-22-18-32(26-42(37)46(3,4)41(36)25-31)33-19-14-29-13-12-27-8-7-9-28-15-23-38(33)44(29)43(27)28/h6,8,11,14,19,23-26,28H,5,7,9-10,12-13,15-18,20-22H2,1-4H3. The highest BCUT2D eigenvalue weighted by molar-refractivity contribution is 5.80. The highest BCUT2D eigenvalue weighted by Gasteiger charge is 2.43. The van der Waals surface area contributed by atoms with E-state index in [2.05, 4.69) is 82.4 Å². The number of rotatable bonds is 2. The summed E-state index contributed by atoms with van der Waals surface area (Å²) in [7, 11) is 0. The molecule has 1 aromatic carbocycles. The summed E-state index contributed by atoms with van der Waals surface area (Å²) in [5.41, 5.74) is 24.8. The topological polar surface area (TPSA) is 0 Å². The van der Waals surface area contributed by atoms with Crippen LogP contribution in [0.3, 0.4) is 0 Å². The second kappa shape index (κ2) is 9.59. The van der Waals surface area contributed by atoms with Crippen molar-refractivity contribution in [1.82, 2.24) is 0 Å². The van der Waals surface area contributed by atoms with Crippen LogP contribution in [-0.4, -0.2) is 0 Å². The van der Waals surface area contributed by atoms with Gasteiger partial charge in [0.2, 0.25) is 0 Å². The molecule has 0 N–H and O–H groups in total. The van der Waals surface area contributed by atoms with Crippen LogP contribution in [0.2, 0.25) is 0 Å². The Morgan fingerprint density at radius 1 is 0.565 bits per heavy atom. The molecule has 0 aliphatic heterocycles. The van der Waals surface area contributed by atoms with Gasteiger partial charge in [-0.25, -0.2) is 0 Å². The molecule has 1 unspecified atom stereocenters. The van der Waals surface area contributed by atoms with Crippen molar-refractivity contribution in [3.05, 3.63) is 131 Å². The molecule has 9 aliphatic carbocycles. The summed E-state index contributed by atoms with van der Waals surface area (Å²) in [6.07, 6.45) is 34.0. The van der Waals surface area contributed by atoms with Crippen molar-refractivity contribution in [3.8, 4) is 0 Å². The van der Waals surface area contributed by atoms with Crippen LogP contribution in [0.4, 0.5) is 0 Å². The number of benzene rings is 1. The van der Waals surface area contributed by atoms with Crippen LogP contribution >= 0.6 is 0 Å². The van der Waals surface area contributed by atoms with Crippen LogP contribution in [0.5, 0.6) is 0 Å². The molecule has 46 heavy (non-hydrogen) atoms. The summed E-state index contributed by atoms with van der Waals surface area (Å²) in [5.74, 6) is 0.752. The van der Waals surface area contributed by atoms with Crippen LogP contribution in [0.1, 0.15) is 116 Å². The molecule has 0 amide bonds. The second-order valence-electron chi connectivity index (χ2n) is 16.7. The quantitative estimate of drug-likeness (QED) is 0.317. The lowest BCUT2D eigenvalue weighted by Crippen LogP contribution is -2.41. The predicted molar refractivity (Wildman–Crippen MR) is 193 cm³/mol. The lowest BCUT2D eigenvalue weighted by atomic mass is 9.71. The Morgan fingerprint density at radius 2 is 1.17 bits per heavy atom. The summed E-state index contributed by atoms with van der Waals surface area (Å²) < 4.78 is 0. The van der Waals surface area contributed by atoms with Crippen LogP contribution < -0.4 is 10.4 Å². The smallest absolute Gasteiger partial charge is 0.0152 e. The van der Waals surface area contributed by atoms with E-state index in [1.807, 2.05) is 0 Å². The molecule has 10 rings (SSSR count). The highest BCUT2D eigenvalue weighted by Crippen LogP contribution is 2.58. The zero-order valence-electron chi connectivity index (χ0n) is 28.5. The molecule has 0 aromatic heterocycles. The van der Waals surface area contributed by atoms with E-state index in [-0.39, 0.29) is 10.8 Å². The third-order valence-electron chi connectivity index (χ3n) is 13.7. The van der Waals surface area contributed by atoms with Crippen molar-refractivity contribution in [1.29, 1.82) is 0 Å². The largest absolute Gasteiger partial charge is 0.0839 e. The van der Waals surface area contributed by atoms with Gasteiger partial charge in [0, 0.05) is 10.8 Å². The summed E-state index contributed by atoms with van der Waals surface area (Å²) in [6, 6.07) is 5.00. The summed E-state index contributed by atoms with van der Waals surface area (Å²) in [4.78, 5) is 0. The van der Waals surface area contributed by atoms with E-state index < -0.39 is 0 Å². The Kier molecular flexibility index (Phi) is 5.78. The van der Waals surface area contributed by atoms with E-state index in [9.17, 15) is 0 Å². The minimum Gasteiger partial charge on any atom is -0.0839 e. The maximum atomic E-state index is 2.67. The lowest BCUT2D eigenvalue weighted by Gasteiger charge is -2.33. The van der Waals surface area contributed by atoms with Gasteiger partial charge in [-0.1, -0.05) is 82.4 Å². The number of fused-ring (bicyclic) bond motifs is 2. The fourth-order valence-electron chi connectivity index (χ4n) is 11.4. The SMILES string of the molecule is CC1(C)C2=C(CCC=C2)C2=C1C=C(C1=CC3=C(CC1)C1=C(C=C(c4ccc5c6c4=CCC4CCC=C(CC5)C=64)CC1)C3(C)C)CC2. The molecule has 0 spiro atoms. The highest BCUT2D eigenvalue weighted by atomic mass is 14.5. The van der Waals surface area contributed by atoms with Gasteiger partial charge in [0.05, 0.1) is 0 Å². The number of allylic oxidation sites excluding steroid dienone is 18. The molecule has 0 fully saturated rings. The molecule has 1 aromatic rings. The first kappa shape index (κ1) is 27.7. The molecule has 1 atom stereocenters. The number of aryl methyl sites for hydroxylation is 1. The number of hydrogen-bond acceptors (Lipinski definition) is 0. The van der Waals surface area contributed by atoms with Crippen LogP contribution in [0, 0.1) is 16.7 Å². The fraction of sp³-hybridized carbons (Fsp3) is 0.435. The molecule has 0 saturated heterocycles. The van der Waals surface area contributed by atoms with Crippen LogP contribution in [0.15, 0.2) is 110 Å². The van der Waals surface area contributed by atoms with E-state index in [1.54, 1.807) is 88.5 Å². The first-order valence-electron chi connectivity index (χ1n) is 18.6. The van der Waals surface area contributed by atoms with Crippen molar-refractivity contribution >= 4 is 17.2 Å². The molecule has 0 nitrogen and oxygen atoms in total. The second-order valence-corrected chi connectivity index (χ2v) is 16.7. The Labute approximate surface area is 275 Å². The summed E-state index contributed by atoms with van der Waals surface area (Å²) in [6.45, 7) is 9.97. The average molecular weight is 601 g/mol. The van der Waals surface area contributed by atoms with Crippen molar-refractivity contribution in [2.24, 2.45) is 16.7 Å². The van der Waals surface area contributed by atoms with Gasteiger partial charge in [-0.15, -0.1) is 0 Å². The van der Waals surface area contributed by atoms with Crippen LogP contribution in [0.25, 0.3) is 17.2 Å². The molecule has 0 radical (unpaired) electrons. The van der Waals surface area contributed by atoms with Gasteiger partial charge in [0.25, 0.3) is 0 Å². The Balaban J connectivity index is 1.01. The van der Waals surface area contributed by atoms with Crippen molar-refractivity contribution in [3.63, 3.8) is 0 Å². The zero-order chi connectivity index (χ0) is 30.9. The summed E-state index contributed by atoms with van der Waals surface area (Å²) in [5, 5.41) is 3.21. The van der Waals surface area contributed by atoms with Crippen molar-refractivity contribution < 1.29 is 0 Å². The Morgan fingerprint density at radius 3 is 1.89 bits per heavy atom. The normalized spacial score (nSPS) is 28.1. The molecule has 0 saturated carbocycles. The zero-order valence-corrected chi connectivity index (χ0v) is 28.5. The molecule has 9 aliphatic rings. The third-order valence-corrected chi connectivity index (χ3v) is 13.7. The molecular weight excluding hydrogens is 553 g/mol. The van der Waals surface area contributed by atoms with E-state index in [0.717, 1.165) is 5.92 Å². The molecule has 0 heterocycles. The maximum Gasteiger partial charge on any atom is 0.0152 e. The Hall–Kier alpha value is -3.38. The fourth-order valence-corrected chi connectivity index (χ4v) is 11.4. The van der Waals surface area contributed by atoms with Gasteiger partial charge in [0.1, 0.15) is 0 Å². The van der Waals surface area contributed by atoms with E-state index in [0.29, 0.717) is 0 Å². The Bertz CT molecular complexity index is 2090. The van der Waals surface area contributed by atoms with Gasteiger partial charge >= 0.3 is 0 Å². The first-order chi connectivity index (χ1) is 22.3. The minimum absolute atomic E-state index is 0.0635. The first-order valence-corrected chi connectivity index (χ1v) is 18.6. The molecular formula is C46H48. The van der Waals surface area contributed by atoms with Gasteiger partial charge in [-0.05, 0) is 183 Å². The minimum atomic E-state index is 0.0635. The van der Waals surface area contributed by atoms with E-state index >= 15 is 0 Å². The van der Waals surface area contributed by atoms with Crippen LogP contribution in [-0.2, 0) is 6.42 Å². The van der Waals surface area contributed by atoms with Gasteiger partial charge in [0.15, 0.2) is 0 Å². The van der Waals surface area contributed by atoms with E-state index in [4.69, 9.17) is 0 Å².